The normalized spacial score (nSPS) is 17.8. The molecule has 0 radical (unpaired) electrons. The molecule has 0 unspecified atom stereocenters. The zero-order chi connectivity index (χ0) is 18.4. The number of aromatic nitrogens is 3. The van der Waals surface area contributed by atoms with E-state index in [-0.39, 0.29) is 5.91 Å². The van der Waals surface area contributed by atoms with Gasteiger partial charge in [-0.15, -0.1) is 0 Å². The first-order valence-corrected chi connectivity index (χ1v) is 9.43. The van der Waals surface area contributed by atoms with E-state index >= 15 is 0 Å². The van der Waals surface area contributed by atoms with Crippen molar-refractivity contribution in [3.8, 4) is 11.1 Å². The molecule has 0 spiro atoms. The van der Waals surface area contributed by atoms with Crippen molar-refractivity contribution >= 4 is 5.91 Å². The highest BCUT2D eigenvalue weighted by molar-refractivity contribution is 5.78. The van der Waals surface area contributed by atoms with Gasteiger partial charge >= 0.3 is 0 Å². The molecule has 1 fully saturated rings. The number of nitrogens with zero attached hydrogens (tertiary/aromatic N) is 5. The maximum Gasteiger partial charge on any atom is 0.236 e. The van der Waals surface area contributed by atoms with Gasteiger partial charge in [-0.1, -0.05) is 0 Å². The zero-order valence-corrected chi connectivity index (χ0v) is 15.6. The molecular formula is C20H27N5O. The summed E-state index contributed by atoms with van der Waals surface area (Å²) in [4.78, 5) is 29.6. The number of pyridine rings is 1. The van der Waals surface area contributed by atoms with Crippen molar-refractivity contribution in [2.24, 2.45) is 0 Å². The number of rotatable bonds is 6. The Labute approximate surface area is 155 Å². The molecule has 1 aliphatic heterocycles. The van der Waals surface area contributed by atoms with Crippen molar-refractivity contribution in [3.05, 3.63) is 42.7 Å². The molecule has 2 aromatic rings. The van der Waals surface area contributed by atoms with Crippen LogP contribution in [-0.4, -0.2) is 63.4 Å². The Bertz CT molecular complexity index is 717. The summed E-state index contributed by atoms with van der Waals surface area (Å²) in [5.41, 5.74) is 3.23. The number of hydrogen-bond acceptors (Lipinski definition) is 5. The minimum Gasteiger partial charge on any atom is -0.342 e. The number of likely N-dealkylation sites (tertiary alicyclic amines) is 1. The highest BCUT2D eigenvalue weighted by Crippen LogP contribution is 2.32. The average Bonchev–Trinajstić information content (AvgIpc) is 2.70. The van der Waals surface area contributed by atoms with E-state index in [2.05, 4.69) is 19.9 Å². The molecule has 1 saturated heterocycles. The third-order valence-corrected chi connectivity index (χ3v) is 5.10. The fourth-order valence-corrected chi connectivity index (χ4v) is 3.71. The monoisotopic (exact) mass is 353 g/mol. The fraction of sp³-hybridized carbons (Fsp3) is 0.500. The molecule has 0 N–H and O–H groups in total. The number of piperidine rings is 1. The van der Waals surface area contributed by atoms with Crippen LogP contribution in [0.25, 0.3) is 11.1 Å². The van der Waals surface area contributed by atoms with E-state index in [1.165, 1.54) is 0 Å². The van der Waals surface area contributed by atoms with E-state index in [1.807, 2.05) is 37.1 Å². The quantitative estimate of drug-likeness (QED) is 0.799. The van der Waals surface area contributed by atoms with E-state index in [1.54, 1.807) is 18.7 Å². The molecule has 6 heteroatoms. The van der Waals surface area contributed by atoms with Crippen molar-refractivity contribution in [1.29, 1.82) is 0 Å². The number of carbonyl (C=O) groups excluding carboxylic acids is 1. The van der Waals surface area contributed by atoms with Gasteiger partial charge in [0.05, 0.1) is 12.2 Å². The summed E-state index contributed by atoms with van der Waals surface area (Å²) in [6, 6.07) is 3.99. The second-order valence-corrected chi connectivity index (χ2v) is 6.70. The lowest BCUT2D eigenvalue weighted by Gasteiger charge is -2.33. The van der Waals surface area contributed by atoms with Crippen LogP contribution < -0.4 is 0 Å². The zero-order valence-electron chi connectivity index (χ0n) is 15.6. The molecule has 138 valence electrons. The van der Waals surface area contributed by atoms with Crippen molar-refractivity contribution < 1.29 is 4.79 Å². The molecule has 3 heterocycles. The predicted octanol–water partition coefficient (Wildman–Crippen LogP) is 2.59. The SMILES string of the molecule is CCN(CC)C(=O)CN1CCC[C@H](c2ncncc2-c2ccncc2)C1. The van der Waals surface area contributed by atoms with Gasteiger partial charge in [-0.25, -0.2) is 9.97 Å². The lowest BCUT2D eigenvalue weighted by atomic mass is 9.90. The Hall–Kier alpha value is -2.34. The van der Waals surface area contributed by atoms with Crippen LogP contribution in [0.15, 0.2) is 37.1 Å². The number of likely N-dealkylation sites (N-methyl/N-ethyl adjacent to an activating group) is 1. The van der Waals surface area contributed by atoms with Crippen molar-refractivity contribution in [3.63, 3.8) is 0 Å². The summed E-state index contributed by atoms with van der Waals surface area (Å²) in [5, 5.41) is 0. The molecule has 1 atom stereocenters. The molecule has 0 saturated carbocycles. The predicted molar refractivity (Wildman–Crippen MR) is 102 cm³/mol. The van der Waals surface area contributed by atoms with Crippen molar-refractivity contribution in [2.75, 3.05) is 32.7 Å². The number of amides is 1. The molecule has 1 amide bonds. The smallest absolute Gasteiger partial charge is 0.236 e. The second kappa shape index (κ2) is 8.85. The lowest BCUT2D eigenvalue weighted by Crippen LogP contribution is -2.43. The largest absolute Gasteiger partial charge is 0.342 e. The van der Waals surface area contributed by atoms with Gasteiger partial charge in [0.15, 0.2) is 0 Å². The summed E-state index contributed by atoms with van der Waals surface area (Å²) in [6.45, 7) is 7.93. The minimum atomic E-state index is 0.215. The van der Waals surface area contributed by atoms with Crippen LogP contribution in [0, 0.1) is 0 Å². The molecule has 1 aliphatic rings. The molecule has 0 aromatic carbocycles. The first kappa shape index (κ1) is 18.5. The number of carbonyl (C=O) groups is 1. The number of hydrogen-bond donors (Lipinski definition) is 0. The van der Waals surface area contributed by atoms with E-state index in [9.17, 15) is 4.79 Å². The Morgan fingerprint density at radius 2 is 2.00 bits per heavy atom. The molecule has 0 aliphatic carbocycles. The van der Waals surface area contributed by atoms with Crippen molar-refractivity contribution in [1.82, 2.24) is 24.8 Å². The summed E-state index contributed by atoms with van der Waals surface area (Å²) in [5.74, 6) is 0.534. The first-order valence-electron chi connectivity index (χ1n) is 9.43. The molecule has 2 aromatic heterocycles. The van der Waals surface area contributed by atoms with Crippen LogP contribution in [0.3, 0.4) is 0 Å². The Morgan fingerprint density at radius 1 is 1.23 bits per heavy atom. The minimum absolute atomic E-state index is 0.215. The Kier molecular flexibility index (Phi) is 6.28. The highest BCUT2D eigenvalue weighted by atomic mass is 16.2. The van der Waals surface area contributed by atoms with Crippen LogP contribution >= 0.6 is 0 Å². The van der Waals surface area contributed by atoms with Gasteiger partial charge in [0.25, 0.3) is 0 Å². The van der Waals surface area contributed by atoms with Crippen molar-refractivity contribution in [2.45, 2.75) is 32.6 Å². The second-order valence-electron chi connectivity index (χ2n) is 6.70. The van der Waals surface area contributed by atoms with Crippen LogP contribution in [0.1, 0.15) is 38.3 Å². The summed E-state index contributed by atoms with van der Waals surface area (Å²) in [7, 11) is 0. The summed E-state index contributed by atoms with van der Waals surface area (Å²) < 4.78 is 0. The van der Waals surface area contributed by atoms with Gasteiger partial charge in [-0.05, 0) is 50.9 Å². The van der Waals surface area contributed by atoms with Crippen LogP contribution in [-0.2, 0) is 4.79 Å². The van der Waals surface area contributed by atoms with Gasteiger partial charge in [0.2, 0.25) is 5.91 Å². The third kappa shape index (κ3) is 4.25. The van der Waals surface area contributed by atoms with E-state index < -0.39 is 0 Å². The summed E-state index contributed by atoms with van der Waals surface area (Å²) >= 11 is 0. The van der Waals surface area contributed by atoms with Gasteiger partial charge in [-0.3, -0.25) is 14.7 Å². The maximum atomic E-state index is 12.5. The lowest BCUT2D eigenvalue weighted by molar-refractivity contribution is -0.132. The van der Waals surface area contributed by atoms with Crippen LogP contribution in [0.2, 0.25) is 0 Å². The third-order valence-electron chi connectivity index (χ3n) is 5.10. The summed E-state index contributed by atoms with van der Waals surface area (Å²) in [6.07, 6.45) is 9.27. The fourth-order valence-electron chi connectivity index (χ4n) is 3.71. The van der Waals surface area contributed by atoms with Crippen LogP contribution in [0.4, 0.5) is 0 Å². The first-order chi connectivity index (χ1) is 12.7. The van der Waals surface area contributed by atoms with Gasteiger partial charge in [-0.2, -0.15) is 0 Å². The maximum absolute atomic E-state index is 12.5. The standard InChI is InChI=1S/C20H27N5O/c1-3-25(4-2)19(26)14-24-11-5-6-17(13-24)20-18(12-22-15-23-20)16-7-9-21-10-8-16/h7-10,12,15,17H,3-6,11,13-14H2,1-2H3/t17-/m0/s1. The molecule has 6 nitrogen and oxygen atoms in total. The molecule has 3 rings (SSSR count). The van der Waals surface area contributed by atoms with E-state index in [0.717, 1.165) is 55.8 Å². The van der Waals surface area contributed by atoms with E-state index in [0.29, 0.717) is 12.5 Å². The Morgan fingerprint density at radius 3 is 2.73 bits per heavy atom. The van der Waals surface area contributed by atoms with E-state index in [4.69, 9.17) is 0 Å². The van der Waals surface area contributed by atoms with Gasteiger partial charge in [0.1, 0.15) is 6.33 Å². The highest BCUT2D eigenvalue weighted by Gasteiger charge is 2.26. The van der Waals surface area contributed by atoms with Gasteiger partial charge in [0, 0.05) is 49.7 Å². The molecule has 26 heavy (non-hydrogen) atoms. The van der Waals surface area contributed by atoms with Gasteiger partial charge < -0.3 is 4.90 Å². The molecular weight excluding hydrogens is 326 g/mol. The average molecular weight is 353 g/mol. The van der Waals surface area contributed by atoms with Crippen LogP contribution in [0.5, 0.6) is 0 Å². The topological polar surface area (TPSA) is 62.2 Å². The Balaban J connectivity index is 1.75. The molecule has 0 bridgehead atoms.